The van der Waals surface area contributed by atoms with E-state index in [4.69, 9.17) is 11.6 Å². The third-order valence-corrected chi connectivity index (χ3v) is 5.55. The van der Waals surface area contributed by atoms with E-state index in [0.717, 1.165) is 21.3 Å². The fourth-order valence-electron chi connectivity index (χ4n) is 2.80. The monoisotopic (exact) mass is 383 g/mol. The van der Waals surface area contributed by atoms with Gasteiger partial charge < -0.3 is 5.32 Å². The standard InChI is InChI=1S/C20H15ClFN3S/c1-11-3-4-13(7-12(11)2)15-9-26-20-18(15)19(23-10-24-20)25-14-5-6-17(22)16(21)8-14/h3-10H,1-2H3,(H,23,24,25). The highest BCUT2D eigenvalue weighted by Gasteiger charge is 2.14. The molecule has 2 heterocycles. The first-order chi connectivity index (χ1) is 12.5. The number of nitrogens with one attached hydrogen (secondary N) is 1. The van der Waals surface area contributed by atoms with Crippen molar-refractivity contribution < 1.29 is 4.39 Å². The normalized spacial score (nSPS) is 11.1. The molecule has 2 aromatic carbocycles. The van der Waals surface area contributed by atoms with E-state index in [1.807, 2.05) is 0 Å². The molecule has 4 rings (SSSR count). The van der Waals surface area contributed by atoms with E-state index in [1.165, 1.54) is 23.5 Å². The number of thiophene rings is 1. The Kier molecular flexibility index (Phi) is 4.34. The molecule has 0 aliphatic rings. The van der Waals surface area contributed by atoms with Gasteiger partial charge in [-0.25, -0.2) is 14.4 Å². The van der Waals surface area contributed by atoms with Gasteiger partial charge in [0.05, 0.1) is 10.4 Å². The summed E-state index contributed by atoms with van der Waals surface area (Å²) in [6.07, 6.45) is 1.52. The summed E-state index contributed by atoms with van der Waals surface area (Å²) in [4.78, 5) is 9.68. The topological polar surface area (TPSA) is 37.8 Å². The number of rotatable bonds is 3. The number of nitrogens with zero attached hydrogens (tertiary/aromatic N) is 2. The summed E-state index contributed by atoms with van der Waals surface area (Å²) in [6, 6.07) is 10.9. The molecule has 0 amide bonds. The number of aromatic nitrogens is 2. The van der Waals surface area contributed by atoms with Gasteiger partial charge in [-0.1, -0.05) is 29.8 Å². The first-order valence-electron chi connectivity index (χ1n) is 8.05. The Morgan fingerprint density at radius 2 is 1.88 bits per heavy atom. The SMILES string of the molecule is Cc1ccc(-c2csc3ncnc(Nc4ccc(F)c(Cl)c4)c23)cc1C. The lowest BCUT2D eigenvalue weighted by Crippen LogP contribution is -1.96. The Hall–Kier alpha value is -2.50. The van der Waals surface area contributed by atoms with Crippen LogP contribution in [0.1, 0.15) is 11.1 Å². The number of hydrogen-bond acceptors (Lipinski definition) is 4. The van der Waals surface area contributed by atoms with Crippen LogP contribution in [0.5, 0.6) is 0 Å². The van der Waals surface area contributed by atoms with E-state index in [2.05, 4.69) is 52.7 Å². The fraction of sp³-hybridized carbons (Fsp3) is 0.100. The number of hydrogen-bond donors (Lipinski definition) is 1. The van der Waals surface area contributed by atoms with E-state index in [1.54, 1.807) is 23.5 Å². The van der Waals surface area contributed by atoms with Crippen LogP contribution in [-0.4, -0.2) is 9.97 Å². The molecule has 130 valence electrons. The molecule has 6 heteroatoms. The van der Waals surface area contributed by atoms with Crippen LogP contribution in [0.4, 0.5) is 15.9 Å². The second-order valence-corrected chi connectivity index (χ2v) is 7.37. The third kappa shape index (κ3) is 3.04. The summed E-state index contributed by atoms with van der Waals surface area (Å²) in [6.45, 7) is 4.20. The fourth-order valence-corrected chi connectivity index (χ4v) is 3.90. The Bertz CT molecular complexity index is 1120. The summed E-state index contributed by atoms with van der Waals surface area (Å²) in [7, 11) is 0. The van der Waals surface area contributed by atoms with E-state index in [9.17, 15) is 4.39 Å². The average molecular weight is 384 g/mol. The summed E-state index contributed by atoms with van der Waals surface area (Å²) in [5, 5.41) is 6.35. The predicted octanol–water partition coefficient (Wildman–Crippen LogP) is 6.51. The van der Waals surface area contributed by atoms with Crippen LogP contribution in [-0.2, 0) is 0 Å². The molecule has 0 saturated carbocycles. The molecule has 0 radical (unpaired) electrons. The van der Waals surface area contributed by atoms with Crippen molar-refractivity contribution in [2.75, 3.05) is 5.32 Å². The first kappa shape index (κ1) is 16.9. The van der Waals surface area contributed by atoms with Crippen molar-refractivity contribution >= 4 is 44.7 Å². The van der Waals surface area contributed by atoms with Gasteiger partial charge >= 0.3 is 0 Å². The molecule has 1 N–H and O–H groups in total. The Labute approximate surface area is 159 Å². The van der Waals surface area contributed by atoms with Crippen LogP contribution >= 0.6 is 22.9 Å². The summed E-state index contributed by atoms with van der Waals surface area (Å²) >= 11 is 7.46. The molecule has 0 fully saturated rings. The van der Waals surface area contributed by atoms with Gasteiger partial charge in [-0.05, 0) is 48.7 Å². The molecule has 0 saturated heterocycles. The molecule has 4 aromatic rings. The molecule has 0 unspecified atom stereocenters. The van der Waals surface area contributed by atoms with Crippen LogP contribution in [0, 0.1) is 19.7 Å². The molecule has 3 nitrogen and oxygen atoms in total. The van der Waals surface area contributed by atoms with Crippen molar-refractivity contribution in [1.82, 2.24) is 9.97 Å². The molecule has 0 atom stereocenters. The van der Waals surface area contributed by atoms with Crippen LogP contribution in [0.3, 0.4) is 0 Å². The Morgan fingerprint density at radius 1 is 1.04 bits per heavy atom. The van der Waals surface area contributed by atoms with Crippen molar-refractivity contribution in [2.24, 2.45) is 0 Å². The van der Waals surface area contributed by atoms with Crippen LogP contribution < -0.4 is 5.32 Å². The largest absolute Gasteiger partial charge is 0.340 e. The number of anilines is 2. The minimum Gasteiger partial charge on any atom is -0.340 e. The van der Waals surface area contributed by atoms with Crippen molar-refractivity contribution in [1.29, 1.82) is 0 Å². The molecule has 26 heavy (non-hydrogen) atoms. The van der Waals surface area contributed by atoms with Gasteiger partial charge in [-0.2, -0.15) is 0 Å². The average Bonchev–Trinajstić information content (AvgIpc) is 3.06. The highest BCUT2D eigenvalue weighted by molar-refractivity contribution is 7.17. The maximum atomic E-state index is 13.4. The number of benzene rings is 2. The lowest BCUT2D eigenvalue weighted by molar-refractivity contribution is 0.628. The quantitative estimate of drug-likeness (QED) is 0.438. The third-order valence-electron chi connectivity index (χ3n) is 4.37. The van der Waals surface area contributed by atoms with E-state index >= 15 is 0 Å². The van der Waals surface area contributed by atoms with Gasteiger partial charge in [0.25, 0.3) is 0 Å². The van der Waals surface area contributed by atoms with Crippen molar-refractivity contribution in [3.63, 3.8) is 0 Å². The highest BCUT2D eigenvalue weighted by atomic mass is 35.5. The van der Waals surface area contributed by atoms with Gasteiger partial charge in [0, 0.05) is 16.6 Å². The van der Waals surface area contributed by atoms with Crippen LogP contribution in [0.2, 0.25) is 5.02 Å². The Morgan fingerprint density at radius 3 is 2.65 bits per heavy atom. The second-order valence-electron chi connectivity index (χ2n) is 6.10. The van der Waals surface area contributed by atoms with E-state index in [-0.39, 0.29) is 5.02 Å². The van der Waals surface area contributed by atoms with Crippen LogP contribution in [0.25, 0.3) is 21.3 Å². The van der Waals surface area contributed by atoms with Crippen molar-refractivity contribution in [3.05, 3.63) is 70.1 Å². The maximum Gasteiger partial charge on any atom is 0.143 e. The molecular weight excluding hydrogens is 369 g/mol. The second kappa shape index (κ2) is 6.67. The van der Waals surface area contributed by atoms with Crippen LogP contribution in [0.15, 0.2) is 48.1 Å². The summed E-state index contributed by atoms with van der Waals surface area (Å²) in [5.41, 5.74) is 5.36. The number of fused-ring (bicyclic) bond motifs is 1. The van der Waals surface area contributed by atoms with E-state index < -0.39 is 5.82 Å². The minimum atomic E-state index is -0.448. The van der Waals surface area contributed by atoms with Crippen molar-refractivity contribution in [3.8, 4) is 11.1 Å². The van der Waals surface area contributed by atoms with Gasteiger partial charge in [0.1, 0.15) is 22.8 Å². The Balaban J connectivity index is 1.84. The zero-order valence-corrected chi connectivity index (χ0v) is 15.7. The van der Waals surface area contributed by atoms with Gasteiger partial charge in [-0.3, -0.25) is 0 Å². The zero-order valence-electron chi connectivity index (χ0n) is 14.2. The maximum absolute atomic E-state index is 13.4. The van der Waals surface area contributed by atoms with Gasteiger partial charge in [0.2, 0.25) is 0 Å². The number of aryl methyl sites for hydroxylation is 2. The highest BCUT2D eigenvalue weighted by Crippen LogP contribution is 2.38. The summed E-state index contributed by atoms with van der Waals surface area (Å²) < 4.78 is 13.4. The lowest BCUT2D eigenvalue weighted by Gasteiger charge is -2.10. The lowest BCUT2D eigenvalue weighted by atomic mass is 10.0. The molecule has 0 spiro atoms. The predicted molar refractivity (Wildman–Crippen MR) is 107 cm³/mol. The summed E-state index contributed by atoms with van der Waals surface area (Å²) in [5.74, 6) is 0.226. The number of halogens is 2. The molecular formula is C20H15ClFN3S. The molecule has 0 aliphatic carbocycles. The molecule has 0 aliphatic heterocycles. The van der Waals surface area contributed by atoms with Gasteiger partial charge in [0.15, 0.2) is 0 Å². The van der Waals surface area contributed by atoms with Gasteiger partial charge in [-0.15, -0.1) is 11.3 Å². The minimum absolute atomic E-state index is 0.0694. The zero-order chi connectivity index (χ0) is 18.3. The van der Waals surface area contributed by atoms with Crippen molar-refractivity contribution in [2.45, 2.75) is 13.8 Å². The smallest absolute Gasteiger partial charge is 0.143 e. The van der Waals surface area contributed by atoms with E-state index in [0.29, 0.717) is 11.5 Å². The first-order valence-corrected chi connectivity index (χ1v) is 9.30. The molecule has 2 aromatic heterocycles. The molecule has 0 bridgehead atoms.